The summed E-state index contributed by atoms with van der Waals surface area (Å²) in [5.41, 5.74) is 2.60. The number of unbranched alkanes of at least 4 members (excludes halogenated alkanes) is 1. The number of rotatable bonds is 9. The van der Waals surface area contributed by atoms with Crippen molar-refractivity contribution >= 4 is 5.97 Å². The Bertz CT molecular complexity index is 381. The quantitative estimate of drug-likeness (QED) is 0.475. The fourth-order valence-corrected chi connectivity index (χ4v) is 2.35. The average molecular weight is 276 g/mol. The van der Waals surface area contributed by atoms with Gasteiger partial charge < -0.3 is 4.74 Å². The first-order chi connectivity index (χ1) is 9.71. The first-order valence-electron chi connectivity index (χ1n) is 7.95. The van der Waals surface area contributed by atoms with E-state index in [9.17, 15) is 4.79 Å². The zero-order valence-corrected chi connectivity index (χ0v) is 13.2. The van der Waals surface area contributed by atoms with Gasteiger partial charge in [-0.15, -0.1) is 0 Å². The Morgan fingerprint density at radius 3 is 2.35 bits per heavy atom. The van der Waals surface area contributed by atoms with E-state index in [-0.39, 0.29) is 5.97 Å². The van der Waals surface area contributed by atoms with Gasteiger partial charge in [0.2, 0.25) is 0 Å². The lowest BCUT2D eigenvalue weighted by Crippen LogP contribution is -2.11. The molecular formula is C18H28O2. The van der Waals surface area contributed by atoms with Crippen molar-refractivity contribution in [1.29, 1.82) is 0 Å². The van der Waals surface area contributed by atoms with Crippen molar-refractivity contribution in [3.63, 3.8) is 0 Å². The van der Waals surface area contributed by atoms with Crippen LogP contribution in [-0.2, 0) is 16.0 Å². The SMILES string of the molecule is CCCCOC(=O)CC(CCC)c1ccc(CC)cc1. The summed E-state index contributed by atoms with van der Waals surface area (Å²) < 4.78 is 5.29. The number of benzene rings is 1. The molecule has 0 aliphatic heterocycles. The molecule has 0 saturated heterocycles. The van der Waals surface area contributed by atoms with Crippen molar-refractivity contribution in [3.8, 4) is 0 Å². The van der Waals surface area contributed by atoms with Gasteiger partial charge in [-0.1, -0.05) is 57.9 Å². The molecule has 2 heteroatoms. The van der Waals surface area contributed by atoms with Gasteiger partial charge in [0.05, 0.1) is 13.0 Å². The minimum absolute atomic E-state index is 0.0588. The molecule has 0 radical (unpaired) electrons. The van der Waals surface area contributed by atoms with Crippen LogP contribution < -0.4 is 0 Å². The van der Waals surface area contributed by atoms with E-state index >= 15 is 0 Å². The molecule has 1 aromatic rings. The standard InChI is InChI=1S/C18H28O2/c1-4-7-13-20-18(19)14-17(8-5-2)16-11-9-15(6-3)10-12-16/h9-12,17H,4-8,13-14H2,1-3H3. The van der Waals surface area contributed by atoms with Crippen LogP contribution in [0.25, 0.3) is 0 Å². The maximum absolute atomic E-state index is 11.9. The predicted octanol–water partition coefficient (Wildman–Crippen LogP) is 4.87. The maximum atomic E-state index is 11.9. The number of carbonyl (C=O) groups excluding carboxylic acids is 1. The molecule has 0 N–H and O–H groups in total. The van der Waals surface area contributed by atoms with Gasteiger partial charge in [-0.25, -0.2) is 0 Å². The number of carbonyl (C=O) groups is 1. The largest absolute Gasteiger partial charge is 0.466 e. The van der Waals surface area contributed by atoms with Crippen LogP contribution in [0.3, 0.4) is 0 Å². The Hall–Kier alpha value is -1.31. The van der Waals surface area contributed by atoms with Gasteiger partial charge in [-0.3, -0.25) is 4.79 Å². The number of hydrogen-bond acceptors (Lipinski definition) is 2. The summed E-state index contributed by atoms with van der Waals surface area (Å²) >= 11 is 0. The number of hydrogen-bond donors (Lipinski definition) is 0. The van der Waals surface area contributed by atoms with E-state index in [4.69, 9.17) is 4.74 Å². The van der Waals surface area contributed by atoms with Gasteiger partial charge in [0.25, 0.3) is 0 Å². The summed E-state index contributed by atoms with van der Waals surface area (Å²) in [6.07, 6.45) is 5.69. The molecule has 0 aliphatic rings. The summed E-state index contributed by atoms with van der Waals surface area (Å²) in [5, 5.41) is 0. The highest BCUT2D eigenvalue weighted by Crippen LogP contribution is 2.26. The summed E-state index contributed by atoms with van der Waals surface area (Å²) in [6.45, 7) is 6.98. The summed E-state index contributed by atoms with van der Waals surface area (Å²) in [7, 11) is 0. The first-order valence-corrected chi connectivity index (χ1v) is 7.95. The lowest BCUT2D eigenvalue weighted by Gasteiger charge is -2.16. The van der Waals surface area contributed by atoms with E-state index in [1.54, 1.807) is 0 Å². The van der Waals surface area contributed by atoms with Crippen LogP contribution in [0.15, 0.2) is 24.3 Å². The fraction of sp³-hybridized carbons (Fsp3) is 0.611. The second-order valence-corrected chi connectivity index (χ2v) is 5.36. The molecular weight excluding hydrogens is 248 g/mol. The highest BCUT2D eigenvalue weighted by molar-refractivity contribution is 5.70. The summed E-state index contributed by atoms with van der Waals surface area (Å²) in [5.74, 6) is 0.233. The molecule has 0 aromatic heterocycles. The fourth-order valence-electron chi connectivity index (χ4n) is 2.35. The molecule has 0 heterocycles. The minimum Gasteiger partial charge on any atom is -0.466 e. The van der Waals surface area contributed by atoms with Crippen molar-refractivity contribution in [2.75, 3.05) is 6.61 Å². The monoisotopic (exact) mass is 276 g/mol. The van der Waals surface area contributed by atoms with E-state index in [0.717, 1.165) is 32.1 Å². The average Bonchev–Trinajstić information content (AvgIpc) is 2.47. The van der Waals surface area contributed by atoms with Gasteiger partial charge in [0, 0.05) is 0 Å². The zero-order valence-electron chi connectivity index (χ0n) is 13.2. The van der Waals surface area contributed by atoms with Gasteiger partial charge in [-0.05, 0) is 36.3 Å². The van der Waals surface area contributed by atoms with Crippen LogP contribution in [0.4, 0.5) is 0 Å². The van der Waals surface area contributed by atoms with Gasteiger partial charge in [0.15, 0.2) is 0 Å². The second-order valence-electron chi connectivity index (χ2n) is 5.36. The highest BCUT2D eigenvalue weighted by atomic mass is 16.5. The van der Waals surface area contributed by atoms with E-state index in [0.29, 0.717) is 18.9 Å². The molecule has 0 bridgehead atoms. The third-order valence-electron chi connectivity index (χ3n) is 3.67. The Morgan fingerprint density at radius 2 is 1.80 bits per heavy atom. The van der Waals surface area contributed by atoms with Crippen LogP contribution in [0.1, 0.15) is 69.9 Å². The molecule has 2 nitrogen and oxygen atoms in total. The second kappa shape index (κ2) is 9.57. The molecule has 1 rings (SSSR count). The van der Waals surface area contributed by atoms with Crippen molar-refractivity contribution in [1.82, 2.24) is 0 Å². The number of aryl methyl sites for hydroxylation is 1. The normalized spacial score (nSPS) is 12.2. The van der Waals surface area contributed by atoms with Crippen LogP contribution in [0.5, 0.6) is 0 Å². The molecule has 1 unspecified atom stereocenters. The zero-order chi connectivity index (χ0) is 14.8. The Labute approximate surface area is 123 Å². The topological polar surface area (TPSA) is 26.3 Å². The van der Waals surface area contributed by atoms with E-state index in [2.05, 4.69) is 45.0 Å². The summed E-state index contributed by atoms with van der Waals surface area (Å²) in [6, 6.07) is 8.66. The Balaban J connectivity index is 2.60. The molecule has 0 fully saturated rings. The lowest BCUT2D eigenvalue weighted by atomic mass is 9.90. The van der Waals surface area contributed by atoms with E-state index in [1.165, 1.54) is 11.1 Å². The Kier molecular flexibility index (Phi) is 8.01. The van der Waals surface area contributed by atoms with Crippen molar-refractivity contribution < 1.29 is 9.53 Å². The highest BCUT2D eigenvalue weighted by Gasteiger charge is 2.16. The van der Waals surface area contributed by atoms with Gasteiger partial charge >= 0.3 is 5.97 Å². The van der Waals surface area contributed by atoms with Crippen molar-refractivity contribution in [3.05, 3.63) is 35.4 Å². The smallest absolute Gasteiger partial charge is 0.306 e. The van der Waals surface area contributed by atoms with E-state index < -0.39 is 0 Å². The van der Waals surface area contributed by atoms with Crippen LogP contribution in [0, 0.1) is 0 Å². The lowest BCUT2D eigenvalue weighted by molar-refractivity contribution is -0.144. The van der Waals surface area contributed by atoms with E-state index in [1.807, 2.05) is 0 Å². The molecule has 0 amide bonds. The minimum atomic E-state index is -0.0588. The molecule has 0 aliphatic carbocycles. The molecule has 20 heavy (non-hydrogen) atoms. The molecule has 0 saturated carbocycles. The molecule has 112 valence electrons. The van der Waals surface area contributed by atoms with Gasteiger partial charge in [0.1, 0.15) is 0 Å². The third kappa shape index (κ3) is 5.77. The van der Waals surface area contributed by atoms with Crippen molar-refractivity contribution in [2.24, 2.45) is 0 Å². The van der Waals surface area contributed by atoms with Crippen LogP contribution in [-0.4, -0.2) is 12.6 Å². The summed E-state index contributed by atoms with van der Waals surface area (Å²) in [4.78, 5) is 11.9. The van der Waals surface area contributed by atoms with Crippen LogP contribution >= 0.6 is 0 Å². The predicted molar refractivity (Wildman–Crippen MR) is 84.0 cm³/mol. The first kappa shape index (κ1) is 16.7. The maximum Gasteiger partial charge on any atom is 0.306 e. The van der Waals surface area contributed by atoms with Crippen LogP contribution in [0.2, 0.25) is 0 Å². The van der Waals surface area contributed by atoms with Gasteiger partial charge in [-0.2, -0.15) is 0 Å². The number of ether oxygens (including phenoxy) is 1. The molecule has 1 atom stereocenters. The van der Waals surface area contributed by atoms with Crippen molar-refractivity contribution in [2.45, 2.75) is 65.2 Å². The third-order valence-corrected chi connectivity index (χ3v) is 3.67. The Morgan fingerprint density at radius 1 is 1.10 bits per heavy atom. The molecule has 0 spiro atoms. The number of esters is 1. The molecule has 1 aromatic carbocycles.